The van der Waals surface area contributed by atoms with Gasteiger partial charge in [-0.15, -0.1) is 5.10 Å². The zero-order valence-electron chi connectivity index (χ0n) is 13.4. The SMILES string of the molecule is CC(C)CCc1noc(CSc2nnnn2-c2ccc(Cl)cc2)n1. The van der Waals surface area contributed by atoms with Crippen molar-refractivity contribution >= 4 is 23.4 Å². The third-order valence-corrected chi connectivity index (χ3v) is 4.45. The molecule has 2 aromatic heterocycles. The lowest BCUT2D eigenvalue weighted by Gasteiger charge is -2.02. The highest BCUT2D eigenvalue weighted by Gasteiger charge is 2.12. The maximum atomic E-state index is 5.91. The third-order valence-electron chi connectivity index (χ3n) is 3.29. The second-order valence-electron chi connectivity index (χ2n) is 5.68. The zero-order valence-corrected chi connectivity index (χ0v) is 15.0. The summed E-state index contributed by atoms with van der Waals surface area (Å²) in [6, 6.07) is 7.32. The molecule has 3 rings (SSSR count). The molecule has 0 atom stereocenters. The van der Waals surface area contributed by atoms with Gasteiger partial charge in [0, 0.05) is 11.4 Å². The van der Waals surface area contributed by atoms with E-state index in [1.807, 2.05) is 12.1 Å². The van der Waals surface area contributed by atoms with Gasteiger partial charge in [-0.2, -0.15) is 9.67 Å². The van der Waals surface area contributed by atoms with E-state index in [-0.39, 0.29) is 0 Å². The fraction of sp³-hybridized carbons (Fsp3) is 0.400. The van der Waals surface area contributed by atoms with Crippen molar-refractivity contribution in [1.29, 1.82) is 0 Å². The Morgan fingerprint density at radius 3 is 2.79 bits per heavy atom. The summed E-state index contributed by atoms with van der Waals surface area (Å²) >= 11 is 7.35. The summed E-state index contributed by atoms with van der Waals surface area (Å²) in [4.78, 5) is 4.40. The maximum absolute atomic E-state index is 5.91. The molecule has 0 fully saturated rings. The first-order chi connectivity index (χ1) is 11.6. The van der Waals surface area contributed by atoms with Crippen LogP contribution in [-0.4, -0.2) is 30.3 Å². The topological polar surface area (TPSA) is 82.5 Å². The summed E-state index contributed by atoms with van der Waals surface area (Å²) < 4.78 is 6.93. The highest BCUT2D eigenvalue weighted by Crippen LogP contribution is 2.22. The first-order valence-corrected chi connectivity index (χ1v) is 8.97. The highest BCUT2D eigenvalue weighted by molar-refractivity contribution is 7.98. The summed E-state index contributed by atoms with van der Waals surface area (Å²) in [5, 5.41) is 17.1. The van der Waals surface area contributed by atoms with Crippen molar-refractivity contribution < 1.29 is 4.52 Å². The zero-order chi connectivity index (χ0) is 16.9. The third kappa shape index (κ3) is 4.33. The number of halogens is 1. The van der Waals surface area contributed by atoms with E-state index in [1.165, 1.54) is 11.8 Å². The molecule has 0 bridgehead atoms. The minimum atomic E-state index is 0.517. The summed E-state index contributed by atoms with van der Waals surface area (Å²) in [6.45, 7) is 4.35. The highest BCUT2D eigenvalue weighted by atomic mass is 35.5. The van der Waals surface area contributed by atoms with Gasteiger partial charge in [0.05, 0.1) is 11.4 Å². The van der Waals surface area contributed by atoms with Crippen molar-refractivity contribution in [1.82, 2.24) is 30.3 Å². The van der Waals surface area contributed by atoms with Gasteiger partial charge in [-0.25, -0.2) is 0 Å². The fourth-order valence-electron chi connectivity index (χ4n) is 2.01. The lowest BCUT2D eigenvalue weighted by atomic mass is 10.1. The molecule has 0 amide bonds. The number of tetrazole rings is 1. The number of nitrogens with zero attached hydrogens (tertiary/aromatic N) is 6. The molecule has 7 nitrogen and oxygen atoms in total. The van der Waals surface area contributed by atoms with Crippen LogP contribution in [0.15, 0.2) is 33.9 Å². The molecule has 126 valence electrons. The molecular formula is C15H17ClN6OS. The van der Waals surface area contributed by atoms with E-state index in [0.29, 0.717) is 27.7 Å². The molecule has 0 saturated heterocycles. The Bertz CT molecular complexity index is 785. The molecule has 1 aromatic carbocycles. The van der Waals surface area contributed by atoms with Crippen LogP contribution >= 0.6 is 23.4 Å². The number of aryl methyl sites for hydroxylation is 1. The van der Waals surface area contributed by atoms with Gasteiger partial charge >= 0.3 is 0 Å². The van der Waals surface area contributed by atoms with Crippen LogP contribution in [0, 0.1) is 5.92 Å². The van der Waals surface area contributed by atoms with Crippen molar-refractivity contribution in [2.45, 2.75) is 37.6 Å². The van der Waals surface area contributed by atoms with Gasteiger partial charge in [0.2, 0.25) is 11.0 Å². The Morgan fingerprint density at radius 2 is 2.04 bits per heavy atom. The normalized spacial score (nSPS) is 11.3. The molecule has 0 aliphatic carbocycles. The van der Waals surface area contributed by atoms with Gasteiger partial charge in [-0.1, -0.05) is 42.4 Å². The van der Waals surface area contributed by atoms with E-state index in [4.69, 9.17) is 16.1 Å². The van der Waals surface area contributed by atoms with Gasteiger partial charge < -0.3 is 4.52 Å². The van der Waals surface area contributed by atoms with Gasteiger partial charge in [0.1, 0.15) is 0 Å². The number of rotatable bonds is 7. The van der Waals surface area contributed by atoms with Crippen molar-refractivity contribution in [3.05, 3.63) is 41.0 Å². The largest absolute Gasteiger partial charge is 0.338 e. The van der Waals surface area contributed by atoms with Crippen LogP contribution in [0.1, 0.15) is 32.0 Å². The maximum Gasteiger partial charge on any atom is 0.237 e. The van der Waals surface area contributed by atoms with Crippen LogP contribution in [0.3, 0.4) is 0 Å². The quantitative estimate of drug-likeness (QED) is 0.592. The van der Waals surface area contributed by atoms with E-state index in [1.54, 1.807) is 16.8 Å². The van der Waals surface area contributed by atoms with Crippen molar-refractivity contribution in [3.63, 3.8) is 0 Å². The number of aromatic nitrogens is 6. The second-order valence-corrected chi connectivity index (χ2v) is 7.05. The van der Waals surface area contributed by atoms with Gasteiger partial charge in [0.15, 0.2) is 5.82 Å². The molecule has 0 radical (unpaired) electrons. The molecule has 0 aliphatic heterocycles. The first-order valence-electron chi connectivity index (χ1n) is 7.60. The predicted octanol–water partition coefficient (Wildman–Crippen LogP) is 3.58. The molecule has 0 saturated carbocycles. The molecular weight excluding hydrogens is 348 g/mol. The molecule has 0 unspecified atom stereocenters. The van der Waals surface area contributed by atoms with Crippen LogP contribution < -0.4 is 0 Å². The lowest BCUT2D eigenvalue weighted by molar-refractivity contribution is 0.383. The summed E-state index contributed by atoms with van der Waals surface area (Å²) in [5.41, 5.74) is 0.843. The molecule has 0 spiro atoms. The second kappa shape index (κ2) is 7.76. The standard InChI is InChI=1S/C15H17ClN6OS/c1-10(2)3-8-13-17-14(23-19-13)9-24-15-18-20-21-22(15)12-6-4-11(16)5-7-12/h4-7,10H,3,8-9H2,1-2H3. The fourth-order valence-corrected chi connectivity index (χ4v) is 2.86. The Balaban J connectivity index is 1.63. The van der Waals surface area contributed by atoms with E-state index in [0.717, 1.165) is 24.4 Å². The Labute approximate surface area is 148 Å². The van der Waals surface area contributed by atoms with Crippen molar-refractivity contribution in [2.24, 2.45) is 5.92 Å². The summed E-state index contributed by atoms with van der Waals surface area (Å²) in [5.74, 6) is 2.45. The summed E-state index contributed by atoms with van der Waals surface area (Å²) in [7, 11) is 0. The molecule has 2 heterocycles. The number of hydrogen-bond acceptors (Lipinski definition) is 7. The minimum Gasteiger partial charge on any atom is -0.338 e. The predicted molar refractivity (Wildman–Crippen MR) is 91.2 cm³/mol. The van der Waals surface area contributed by atoms with Crippen LogP contribution in [0.4, 0.5) is 0 Å². The Hall–Kier alpha value is -1.93. The summed E-state index contributed by atoms with van der Waals surface area (Å²) in [6.07, 6.45) is 1.87. The van der Waals surface area contributed by atoms with Gasteiger partial charge in [-0.05, 0) is 47.0 Å². The van der Waals surface area contributed by atoms with Gasteiger partial charge in [-0.3, -0.25) is 0 Å². The Kier molecular flexibility index (Phi) is 5.47. The van der Waals surface area contributed by atoms with E-state index in [2.05, 4.69) is 39.5 Å². The number of benzene rings is 1. The first kappa shape index (κ1) is 16.9. The van der Waals surface area contributed by atoms with Crippen LogP contribution in [0.25, 0.3) is 5.69 Å². The molecule has 0 aliphatic rings. The Morgan fingerprint density at radius 1 is 1.25 bits per heavy atom. The minimum absolute atomic E-state index is 0.517. The smallest absolute Gasteiger partial charge is 0.237 e. The molecule has 9 heteroatoms. The average Bonchev–Trinajstić information content (AvgIpc) is 3.21. The van der Waals surface area contributed by atoms with Crippen LogP contribution in [0.2, 0.25) is 5.02 Å². The van der Waals surface area contributed by atoms with Crippen molar-refractivity contribution in [2.75, 3.05) is 0 Å². The van der Waals surface area contributed by atoms with Crippen molar-refractivity contribution in [3.8, 4) is 5.69 Å². The molecule has 0 N–H and O–H groups in total. The van der Waals surface area contributed by atoms with Gasteiger partial charge in [0.25, 0.3) is 0 Å². The average molecular weight is 365 g/mol. The molecule has 3 aromatic rings. The van der Waals surface area contributed by atoms with E-state index < -0.39 is 0 Å². The lowest BCUT2D eigenvalue weighted by Crippen LogP contribution is -1.99. The number of hydrogen-bond donors (Lipinski definition) is 0. The molecule has 24 heavy (non-hydrogen) atoms. The van der Waals surface area contributed by atoms with Crippen LogP contribution in [0.5, 0.6) is 0 Å². The van der Waals surface area contributed by atoms with E-state index >= 15 is 0 Å². The van der Waals surface area contributed by atoms with Crippen LogP contribution in [-0.2, 0) is 12.2 Å². The number of thioether (sulfide) groups is 1. The monoisotopic (exact) mass is 364 g/mol. The van der Waals surface area contributed by atoms with E-state index in [9.17, 15) is 0 Å².